The van der Waals surface area contributed by atoms with Gasteiger partial charge in [0.05, 0.1) is 5.69 Å². The molecule has 0 aliphatic carbocycles. The molecule has 0 bridgehead atoms. The molecule has 0 atom stereocenters. The highest BCUT2D eigenvalue weighted by atomic mass is 32.2. The van der Waals surface area contributed by atoms with Gasteiger partial charge in [0.15, 0.2) is 0 Å². The Balaban J connectivity index is 1.72. The van der Waals surface area contributed by atoms with Crippen LogP contribution in [0.5, 0.6) is 0 Å². The third-order valence-electron chi connectivity index (χ3n) is 3.14. The second kappa shape index (κ2) is 5.72. The lowest BCUT2D eigenvalue weighted by molar-refractivity contribution is 0.592. The molecule has 22 heavy (non-hydrogen) atoms. The highest BCUT2D eigenvalue weighted by Crippen LogP contribution is 2.27. The van der Waals surface area contributed by atoms with Gasteiger partial charge in [-0.2, -0.15) is 8.42 Å². The molecule has 0 saturated carbocycles. The first-order valence-corrected chi connectivity index (χ1v) is 8.03. The Morgan fingerprint density at radius 2 is 1.95 bits per heavy atom. The van der Waals surface area contributed by atoms with E-state index in [9.17, 15) is 12.8 Å². The van der Waals surface area contributed by atoms with Crippen LogP contribution in [0.15, 0.2) is 52.0 Å². The predicted molar refractivity (Wildman–Crippen MR) is 80.6 cm³/mol. The smallest absolute Gasteiger partial charge is 0.287 e. The van der Waals surface area contributed by atoms with E-state index in [-0.39, 0.29) is 10.9 Å². The largest absolute Gasteiger partial charge is 0.355 e. The average molecular weight is 320 g/mol. The molecule has 1 aromatic heterocycles. The van der Waals surface area contributed by atoms with Crippen molar-refractivity contribution in [2.45, 2.75) is 11.3 Å². The summed E-state index contributed by atoms with van der Waals surface area (Å²) in [6.07, 6.45) is 4.08. The number of sulfonamides is 1. The molecular formula is C14H13FN4O2S. The van der Waals surface area contributed by atoms with Crippen molar-refractivity contribution < 1.29 is 12.8 Å². The van der Waals surface area contributed by atoms with Gasteiger partial charge in [-0.15, -0.1) is 4.40 Å². The Morgan fingerprint density at radius 1 is 1.18 bits per heavy atom. The molecule has 1 aliphatic rings. The second-order valence-corrected chi connectivity index (χ2v) is 6.29. The summed E-state index contributed by atoms with van der Waals surface area (Å²) in [5.41, 5.74) is 1.38. The van der Waals surface area contributed by atoms with E-state index in [1.165, 1.54) is 12.1 Å². The van der Waals surface area contributed by atoms with E-state index >= 15 is 0 Å². The summed E-state index contributed by atoms with van der Waals surface area (Å²) in [4.78, 5) is 3.77. The van der Waals surface area contributed by atoms with Gasteiger partial charge >= 0.3 is 0 Å². The minimum Gasteiger partial charge on any atom is -0.355 e. The van der Waals surface area contributed by atoms with Crippen molar-refractivity contribution in [1.82, 2.24) is 10.3 Å². The Labute approximate surface area is 127 Å². The van der Waals surface area contributed by atoms with Crippen LogP contribution in [0.4, 0.5) is 10.1 Å². The lowest BCUT2D eigenvalue weighted by atomic mass is 10.2. The Bertz CT molecular complexity index is 822. The molecule has 2 heterocycles. The maximum Gasteiger partial charge on any atom is 0.287 e. The molecule has 0 amide bonds. The van der Waals surface area contributed by atoms with Crippen molar-refractivity contribution in [2.75, 3.05) is 11.9 Å². The average Bonchev–Trinajstić information content (AvgIpc) is 2.49. The van der Waals surface area contributed by atoms with Crippen molar-refractivity contribution in [2.24, 2.45) is 4.40 Å². The number of hydrogen-bond acceptors (Lipinski definition) is 5. The molecule has 1 aromatic carbocycles. The molecule has 2 aromatic rings. The maximum absolute atomic E-state index is 13.2. The summed E-state index contributed by atoms with van der Waals surface area (Å²) in [5, 5.41) is 5.77. The Morgan fingerprint density at radius 3 is 2.73 bits per heavy atom. The number of benzene rings is 1. The van der Waals surface area contributed by atoms with E-state index in [4.69, 9.17) is 0 Å². The third kappa shape index (κ3) is 3.06. The van der Waals surface area contributed by atoms with Crippen LogP contribution >= 0.6 is 0 Å². The van der Waals surface area contributed by atoms with Crippen molar-refractivity contribution in [3.05, 3.63) is 54.1 Å². The van der Waals surface area contributed by atoms with Crippen LogP contribution < -0.4 is 10.6 Å². The topological polar surface area (TPSA) is 83.5 Å². The van der Waals surface area contributed by atoms with E-state index in [1.54, 1.807) is 12.4 Å². The molecule has 3 rings (SSSR count). The van der Waals surface area contributed by atoms with E-state index in [1.807, 2.05) is 12.1 Å². The van der Waals surface area contributed by atoms with E-state index < -0.39 is 15.8 Å². The van der Waals surface area contributed by atoms with E-state index in [0.717, 1.165) is 11.6 Å². The van der Waals surface area contributed by atoms with Gasteiger partial charge in [0.2, 0.25) is 5.96 Å². The number of nitrogens with zero attached hydrogens (tertiary/aromatic N) is 2. The number of hydrogen-bond donors (Lipinski definition) is 2. The van der Waals surface area contributed by atoms with Gasteiger partial charge in [-0.3, -0.25) is 4.98 Å². The standard InChI is InChI=1S/C14H13FN4O2S/c15-11-1-2-12-13(9-11)22(20,21)19-14(18-12)17-8-5-10-3-6-16-7-4-10/h1-4,6-7,9H,5,8H2,(H2,17,18,19). The lowest BCUT2D eigenvalue weighted by Crippen LogP contribution is -2.35. The summed E-state index contributed by atoms with van der Waals surface area (Å²) >= 11 is 0. The zero-order valence-corrected chi connectivity index (χ0v) is 12.3. The molecule has 114 valence electrons. The quantitative estimate of drug-likeness (QED) is 0.896. The molecule has 0 unspecified atom stereocenters. The van der Waals surface area contributed by atoms with Gasteiger partial charge in [0.1, 0.15) is 10.7 Å². The molecule has 6 nitrogen and oxygen atoms in total. The molecule has 0 saturated heterocycles. The zero-order valence-electron chi connectivity index (χ0n) is 11.5. The summed E-state index contributed by atoms with van der Waals surface area (Å²) < 4.78 is 40.8. The number of rotatable bonds is 3. The minimum absolute atomic E-state index is 0.133. The number of guanidine groups is 1. The number of halogens is 1. The first kappa shape index (κ1) is 14.5. The number of fused-ring (bicyclic) bond motifs is 1. The predicted octanol–water partition coefficient (Wildman–Crippen LogP) is 1.52. The maximum atomic E-state index is 13.2. The fraction of sp³-hybridized carbons (Fsp3) is 0.143. The van der Waals surface area contributed by atoms with Crippen LogP contribution in [0.3, 0.4) is 0 Å². The summed E-state index contributed by atoms with van der Waals surface area (Å²) in [6, 6.07) is 7.29. The molecule has 0 radical (unpaired) electrons. The molecular weight excluding hydrogens is 307 g/mol. The van der Waals surface area contributed by atoms with Crippen LogP contribution in [-0.4, -0.2) is 25.9 Å². The minimum atomic E-state index is -3.90. The van der Waals surface area contributed by atoms with Crippen LogP contribution in [0.2, 0.25) is 0 Å². The van der Waals surface area contributed by atoms with Crippen LogP contribution in [0.25, 0.3) is 0 Å². The number of anilines is 1. The second-order valence-electron chi connectivity index (χ2n) is 4.71. The lowest BCUT2D eigenvalue weighted by Gasteiger charge is -2.19. The molecule has 0 fully saturated rings. The molecule has 2 N–H and O–H groups in total. The van der Waals surface area contributed by atoms with Gasteiger partial charge < -0.3 is 10.6 Å². The van der Waals surface area contributed by atoms with E-state index in [2.05, 4.69) is 20.0 Å². The monoisotopic (exact) mass is 320 g/mol. The van der Waals surface area contributed by atoms with E-state index in [0.29, 0.717) is 18.7 Å². The number of nitrogens with one attached hydrogen (secondary N) is 2. The number of aromatic nitrogens is 1. The first-order chi connectivity index (χ1) is 10.5. The Kier molecular flexibility index (Phi) is 3.76. The number of pyridine rings is 1. The molecule has 0 spiro atoms. The van der Waals surface area contributed by atoms with Crippen LogP contribution in [-0.2, 0) is 16.4 Å². The zero-order chi connectivity index (χ0) is 15.6. The SMILES string of the molecule is O=S1(=O)N=C(NCCc2ccncc2)Nc2ccc(F)cc21. The van der Waals surface area contributed by atoms with Gasteiger partial charge in [0, 0.05) is 18.9 Å². The van der Waals surface area contributed by atoms with Crippen molar-refractivity contribution >= 4 is 21.7 Å². The fourth-order valence-corrected chi connectivity index (χ4v) is 3.19. The fourth-order valence-electron chi connectivity index (χ4n) is 2.08. The van der Waals surface area contributed by atoms with Gasteiger partial charge in [-0.1, -0.05) is 0 Å². The Hall–Kier alpha value is -2.48. The third-order valence-corrected chi connectivity index (χ3v) is 4.46. The first-order valence-electron chi connectivity index (χ1n) is 6.59. The van der Waals surface area contributed by atoms with Crippen molar-refractivity contribution in [1.29, 1.82) is 0 Å². The molecule has 8 heteroatoms. The summed E-state index contributed by atoms with van der Waals surface area (Å²) in [7, 11) is -3.90. The highest BCUT2D eigenvalue weighted by molar-refractivity contribution is 7.90. The van der Waals surface area contributed by atoms with Crippen LogP contribution in [0.1, 0.15) is 5.56 Å². The van der Waals surface area contributed by atoms with Gasteiger partial charge in [0.25, 0.3) is 10.0 Å². The van der Waals surface area contributed by atoms with Crippen molar-refractivity contribution in [3.8, 4) is 0 Å². The van der Waals surface area contributed by atoms with Gasteiger partial charge in [-0.25, -0.2) is 4.39 Å². The van der Waals surface area contributed by atoms with Crippen LogP contribution in [0, 0.1) is 5.82 Å². The summed E-state index contributed by atoms with van der Waals surface area (Å²) in [6.45, 7) is 0.502. The van der Waals surface area contributed by atoms with Crippen molar-refractivity contribution in [3.63, 3.8) is 0 Å². The highest BCUT2D eigenvalue weighted by Gasteiger charge is 2.25. The molecule has 1 aliphatic heterocycles. The van der Waals surface area contributed by atoms with Gasteiger partial charge in [-0.05, 0) is 42.3 Å². The normalized spacial score (nSPS) is 15.4. The summed E-state index contributed by atoms with van der Waals surface area (Å²) in [5.74, 6) is -0.485.